The van der Waals surface area contributed by atoms with Gasteiger partial charge in [0.15, 0.2) is 0 Å². The Hall–Kier alpha value is -1.17. The zero-order valence-corrected chi connectivity index (χ0v) is 13.1. The summed E-state index contributed by atoms with van der Waals surface area (Å²) in [4.78, 5) is 12.5. The van der Waals surface area contributed by atoms with Gasteiger partial charge < -0.3 is 10.2 Å². The molecule has 0 bridgehead atoms. The van der Waals surface area contributed by atoms with E-state index in [2.05, 4.69) is 24.1 Å². The fourth-order valence-corrected chi connectivity index (χ4v) is 2.15. The lowest BCUT2D eigenvalue weighted by atomic mass is 10.0. The maximum absolute atomic E-state index is 10.9. The van der Waals surface area contributed by atoms with Gasteiger partial charge in [-0.1, -0.05) is 31.5 Å². The number of hydrogen-bond acceptors (Lipinski definition) is 4. The third kappa shape index (κ3) is 5.07. The number of rotatable bonds is 7. The molecule has 0 fully saturated rings. The van der Waals surface area contributed by atoms with E-state index >= 15 is 0 Å². The van der Waals surface area contributed by atoms with Gasteiger partial charge >= 0.3 is 0 Å². The average molecular weight is 300 g/mol. The summed E-state index contributed by atoms with van der Waals surface area (Å²) in [5.41, 5.74) is 0.824. The molecule has 0 aliphatic heterocycles. The minimum atomic E-state index is -0.453. The second kappa shape index (κ2) is 7.57. The molecule has 1 unspecified atom stereocenters. The molecule has 1 atom stereocenters. The number of nitrogens with one attached hydrogen (secondary N) is 1. The molecule has 6 heteroatoms. The number of likely N-dealkylation sites (N-methyl/N-ethyl adjacent to an activating group) is 1. The first-order valence-electron chi connectivity index (χ1n) is 6.62. The number of nitro benzene ring substituents is 1. The van der Waals surface area contributed by atoms with Crippen molar-refractivity contribution in [2.24, 2.45) is 5.92 Å². The predicted molar refractivity (Wildman–Crippen MR) is 82.1 cm³/mol. The van der Waals surface area contributed by atoms with Gasteiger partial charge in [-0.2, -0.15) is 0 Å². The van der Waals surface area contributed by atoms with Crippen molar-refractivity contribution in [3.05, 3.63) is 38.9 Å². The van der Waals surface area contributed by atoms with Gasteiger partial charge in [-0.05, 0) is 31.6 Å². The van der Waals surface area contributed by atoms with Crippen LogP contribution in [-0.4, -0.2) is 36.5 Å². The van der Waals surface area contributed by atoms with E-state index in [9.17, 15) is 10.1 Å². The quantitative estimate of drug-likeness (QED) is 0.621. The number of halogens is 1. The maximum Gasteiger partial charge on any atom is 0.288 e. The van der Waals surface area contributed by atoms with Crippen LogP contribution >= 0.6 is 11.6 Å². The first-order valence-corrected chi connectivity index (χ1v) is 7.00. The molecule has 1 rings (SSSR count). The number of nitro groups is 1. The SMILES string of the molecule is CC(C)C(CN(C)C)NCc1ccc(Cl)c([N+](=O)[O-])c1. The molecule has 0 heterocycles. The molecule has 0 saturated heterocycles. The van der Waals surface area contributed by atoms with Gasteiger partial charge in [-0.3, -0.25) is 10.1 Å². The fraction of sp³-hybridized carbons (Fsp3) is 0.571. The summed E-state index contributed by atoms with van der Waals surface area (Å²) in [7, 11) is 4.06. The molecule has 1 aromatic rings. The topological polar surface area (TPSA) is 58.4 Å². The first kappa shape index (κ1) is 16.9. The Morgan fingerprint density at radius 3 is 2.55 bits per heavy atom. The van der Waals surface area contributed by atoms with Gasteiger partial charge in [0.1, 0.15) is 5.02 Å². The van der Waals surface area contributed by atoms with E-state index in [0.717, 1.165) is 12.1 Å². The molecule has 112 valence electrons. The largest absolute Gasteiger partial charge is 0.308 e. The third-order valence-electron chi connectivity index (χ3n) is 3.14. The van der Waals surface area contributed by atoms with Crippen molar-refractivity contribution in [2.45, 2.75) is 26.4 Å². The van der Waals surface area contributed by atoms with Crippen molar-refractivity contribution in [1.29, 1.82) is 0 Å². The third-order valence-corrected chi connectivity index (χ3v) is 3.46. The minimum Gasteiger partial charge on any atom is -0.308 e. The molecule has 5 nitrogen and oxygen atoms in total. The van der Waals surface area contributed by atoms with Gasteiger partial charge in [0, 0.05) is 25.2 Å². The predicted octanol–water partition coefficient (Wildman–Crippen LogP) is 2.92. The molecular formula is C14H22ClN3O2. The van der Waals surface area contributed by atoms with Crippen LogP contribution < -0.4 is 5.32 Å². The second-order valence-corrected chi connectivity index (χ2v) is 5.94. The molecule has 0 radical (unpaired) electrons. The highest BCUT2D eigenvalue weighted by atomic mass is 35.5. The molecule has 0 aliphatic rings. The standard InChI is InChI=1S/C14H22ClN3O2/c1-10(2)13(9-17(3)4)16-8-11-5-6-12(15)14(7-11)18(19)20/h5-7,10,13,16H,8-9H2,1-4H3. The van der Waals surface area contributed by atoms with E-state index in [4.69, 9.17) is 11.6 Å². The Morgan fingerprint density at radius 2 is 2.05 bits per heavy atom. The molecule has 1 aromatic carbocycles. The Balaban J connectivity index is 2.73. The zero-order chi connectivity index (χ0) is 15.3. The summed E-state index contributed by atoms with van der Waals surface area (Å²) in [6, 6.07) is 5.25. The van der Waals surface area contributed by atoms with Crippen molar-refractivity contribution in [3.63, 3.8) is 0 Å². The lowest BCUT2D eigenvalue weighted by Gasteiger charge is -2.25. The summed E-state index contributed by atoms with van der Waals surface area (Å²) in [5.74, 6) is 0.486. The summed E-state index contributed by atoms with van der Waals surface area (Å²) < 4.78 is 0. The van der Waals surface area contributed by atoms with Gasteiger partial charge in [-0.15, -0.1) is 0 Å². The smallest absolute Gasteiger partial charge is 0.288 e. The summed E-state index contributed by atoms with van der Waals surface area (Å²) >= 11 is 5.80. The summed E-state index contributed by atoms with van der Waals surface area (Å²) in [6.07, 6.45) is 0. The van der Waals surface area contributed by atoms with E-state index in [1.807, 2.05) is 20.2 Å². The second-order valence-electron chi connectivity index (χ2n) is 5.54. The van der Waals surface area contributed by atoms with Crippen molar-refractivity contribution in [1.82, 2.24) is 10.2 Å². The molecule has 0 amide bonds. The van der Waals surface area contributed by atoms with Gasteiger partial charge in [-0.25, -0.2) is 0 Å². The monoisotopic (exact) mass is 299 g/mol. The Kier molecular flexibility index (Phi) is 6.39. The van der Waals surface area contributed by atoms with Crippen molar-refractivity contribution in [2.75, 3.05) is 20.6 Å². The van der Waals surface area contributed by atoms with E-state index in [0.29, 0.717) is 18.5 Å². The average Bonchev–Trinajstić information content (AvgIpc) is 2.34. The van der Waals surface area contributed by atoms with Crippen molar-refractivity contribution < 1.29 is 4.92 Å². The molecule has 20 heavy (non-hydrogen) atoms. The molecule has 0 spiro atoms. The number of benzene rings is 1. The van der Waals surface area contributed by atoms with Crippen molar-refractivity contribution >= 4 is 17.3 Å². The molecule has 0 aromatic heterocycles. The highest BCUT2D eigenvalue weighted by Gasteiger charge is 2.16. The van der Waals surface area contributed by atoms with E-state index in [-0.39, 0.29) is 10.7 Å². The molecule has 0 saturated carbocycles. The molecular weight excluding hydrogens is 278 g/mol. The zero-order valence-electron chi connectivity index (χ0n) is 12.4. The highest BCUT2D eigenvalue weighted by Crippen LogP contribution is 2.25. The van der Waals surface area contributed by atoms with Crippen LogP contribution in [0.2, 0.25) is 5.02 Å². The van der Waals surface area contributed by atoms with Gasteiger partial charge in [0.05, 0.1) is 4.92 Å². The van der Waals surface area contributed by atoms with Crippen LogP contribution in [0.1, 0.15) is 19.4 Å². The number of hydrogen-bond donors (Lipinski definition) is 1. The highest BCUT2D eigenvalue weighted by molar-refractivity contribution is 6.32. The van der Waals surface area contributed by atoms with Crippen LogP contribution in [0.5, 0.6) is 0 Å². The summed E-state index contributed by atoms with van der Waals surface area (Å²) in [5, 5.41) is 14.5. The Labute approximate surface area is 125 Å². The van der Waals surface area contributed by atoms with Crippen LogP contribution in [0.4, 0.5) is 5.69 Å². The first-order chi connectivity index (χ1) is 9.31. The lowest BCUT2D eigenvalue weighted by Crippen LogP contribution is -2.41. The normalized spacial score (nSPS) is 12.9. The molecule has 1 N–H and O–H groups in total. The van der Waals surface area contributed by atoms with E-state index < -0.39 is 4.92 Å². The van der Waals surface area contributed by atoms with Crippen LogP contribution in [0.3, 0.4) is 0 Å². The van der Waals surface area contributed by atoms with Crippen LogP contribution in [-0.2, 0) is 6.54 Å². The van der Waals surface area contributed by atoms with Gasteiger partial charge in [0.2, 0.25) is 0 Å². The molecule has 0 aliphatic carbocycles. The van der Waals surface area contributed by atoms with E-state index in [1.54, 1.807) is 6.07 Å². The van der Waals surface area contributed by atoms with Crippen LogP contribution in [0.15, 0.2) is 18.2 Å². The summed E-state index contributed by atoms with van der Waals surface area (Å²) in [6.45, 7) is 5.83. The van der Waals surface area contributed by atoms with Crippen LogP contribution in [0.25, 0.3) is 0 Å². The van der Waals surface area contributed by atoms with Crippen molar-refractivity contribution in [3.8, 4) is 0 Å². The lowest BCUT2D eigenvalue weighted by molar-refractivity contribution is -0.384. The van der Waals surface area contributed by atoms with Crippen LogP contribution in [0, 0.1) is 16.0 Å². The minimum absolute atomic E-state index is 0.0420. The van der Waals surface area contributed by atoms with E-state index in [1.165, 1.54) is 6.07 Å². The Bertz CT molecular complexity index is 464. The fourth-order valence-electron chi connectivity index (χ4n) is 1.96. The number of nitrogens with zero attached hydrogens (tertiary/aromatic N) is 2. The maximum atomic E-state index is 10.9. The Morgan fingerprint density at radius 1 is 1.40 bits per heavy atom. The van der Waals surface area contributed by atoms with Gasteiger partial charge in [0.25, 0.3) is 5.69 Å².